The highest BCUT2D eigenvalue weighted by Crippen LogP contribution is 2.54. The zero-order valence-corrected chi connectivity index (χ0v) is 9.02. The van der Waals surface area contributed by atoms with Crippen LogP contribution in [0.4, 0.5) is 4.39 Å². The van der Waals surface area contributed by atoms with Crippen molar-refractivity contribution in [2.24, 2.45) is 11.3 Å². The van der Waals surface area contributed by atoms with E-state index in [4.69, 9.17) is 11.6 Å². The van der Waals surface area contributed by atoms with Crippen LogP contribution in [-0.2, 0) is 6.42 Å². The van der Waals surface area contributed by atoms with Gasteiger partial charge < -0.3 is 0 Å². The molecule has 1 saturated carbocycles. The van der Waals surface area contributed by atoms with Crippen LogP contribution in [0, 0.1) is 17.2 Å². The summed E-state index contributed by atoms with van der Waals surface area (Å²) in [4.78, 5) is 0. The van der Waals surface area contributed by atoms with E-state index in [1.54, 1.807) is 0 Å². The molecule has 2 atom stereocenters. The van der Waals surface area contributed by atoms with Gasteiger partial charge in [0.2, 0.25) is 0 Å². The van der Waals surface area contributed by atoms with Crippen molar-refractivity contribution in [2.45, 2.75) is 19.8 Å². The topological polar surface area (TPSA) is 0 Å². The second-order valence-electron chi connectivity index (χ2n) is 4.51. The number of halogens is 2. The largest absolute Gasteiger partial charge is 0.207 e. The lowest BCUT2D eigenvalue weighted by Crippen LogP contribution is -2.03. The standard InChI is InChI=1S/C12H14ClF/c1-12(7-10(12)8-13)6-9-2-4-11(14)5-3-9/h2-5,10H,6-8H2,1H3. The quantitative estimate of drug-likeness (QED) is 0.672. The van der Waals surface area contributed by atoms with E-state index < -0.39 is 0 Å². The molecular formula is C12H14ClF. The van der Waals surface area contributed by atoms with Gasteiger partial charge in [-0.15, -0.1) is 11.6 Å². The van der Waals surface area contributed by atoms with E-state index in [0.29, 0.717) is 11.3 Å². The molecule has 0 spiro atoms. The Labute approximate surface area is 89.1 Å². The summed E-state index contributed by atoms with van der Waals surface area (Å²) in [5.74, 6) is 1.23. The minimum Gasteiger partial charge on any atom is -0.207 e. The van der Waals surface area contributed by atoms with Crippen molar-refractivity contribution in [1.82, 2.24) is 0 Å². The van der Waals surface area contributed by atoms with Crippen molar-refractivity contribution < 1.29 is 4.39 Å². The maximum atomic E-state index is 12.7. The van der Waals surface area contributed by atoms with Crippen LogP contribution in [0.5, 0.6) is 0 Å². The first-order chi connectivity index (χ1) is 6.64. The average molecular weight is 213 g/mol. The molecule has 0 aromatic heterocycles. The predicted octanol–water partition coefficient (Wildman–Crippen LogP) is 3.63. The Bertz CT molecular complexity index is 320. The first-order valence-corrected chi connectivity index (χ1v) is 5.48. The predicted molar refractivity (Wildman–Crippen MR) is 57.0 cm³/mol. The summed E-state index contributed by atoms with van der Waals surface area (Å²) in [6, 6.07) is 6.78. The van der Waals surface area contributed by atoms with Crippen LogP contribution >= 0.6 is 11.6 Å². The second kappa shape index (κ2) is 3.54. The van der Waals surface area contributed by atoms with E-state index in [1.807, 2.05) is 12.1 Å². The molecule has 0 bridgehead atoms. The molecule has 1 aromatic carbocycles. The zero-order chi connectivity index (χ0) is 10.2. The van der Waals surface area contributed by atoms with Crippen LogP contribution in [-0.4, -0.2) is 5.88 Å². The van der Waals surface area contributed by atoms with E-state index in [2.05, 4.69) is 6.92 Å². The van der Waals surface area contributed by atoms with Gasteiger partial charge in [0, 0.05) is 5.88 Å². The van der Waals surface area contributed by atoms with Gasteiger partial charge in [-0.05, 0) is 41.9 Å². The average Bonchev–Trinajstić information content (AvgIpc) is 2.81. The lowest BCUT2D eigenvalue weighted by molar-refractivity contribution is 0.519. The molecule has 14 heavy (non-hydrogen) atoms. The minimum absolute atomic E-state index is 0.163. The van der Waals surface area contributed by atoms with Gasteiger partial charge in [-0.25, -0.2) is 4.39 Å². The fourth-order valence-corrected chi connectivity index (χ4v) is 2.51. The highest BCUT2D eigenvalue weighted by Gasteiger charge is 2.48. The number of hydrogen-bond donors (Lipinski definition) is 0. The lowest BCUT2D eigenvalue weighted by Gasteiger charge is -2.09. The third kappa shape index (κ3) is 1.93. The molecule has 2 heteroatoms. The Morgan fingerprint density at radius 1 is 1.43 bits per heavy atom. The second-order valence-corrected chi connectivity index (χ2v) is 4.82. The maximum absolute atomic E-state index is 12.7. The molecule has 0 heterocycles. The van der Waals surface area contributed by atoms with Gasteiger partial charge in [0.05, 0.1) is 0 Å². The highest BCUT2D eigenvalue weighted by atomic mass is 35.5. The van der Waals surface area contributed by atoms with Gasteiger partial charge in [-0.3, -0.25) is 0 Å². The molecule has 2 rings (SSSR count). The van der Waals surface area contributed by atoms with Gasteiger partial charge in [-0.2, -0.15) is 0 Å². The first-order valence-electron chi connectivity index (χ1n) is 4.94. The molecule has 1 fully saturated rings. The minimum atomic E-state index is -0.163. The Hall–Kier alpha value is -0.560. The fraction of sp³-hybridized carbons (Fsp3) is 0.500. The van der Waals surface area contributed by atoms with Crippen molar-refractivity contribution in [3.05, 3.63) is 35.6 Å². The molecule has 0 saturated heterocycles. The molecule has 0 aliphatic heterocycles. The Kier molecular flexibility index (Phi) is 2.52. The summed E-state index contributed by atoms with van der Waals surface area (Å²) in [6.45, 7) is 2.25. The van der Waals surface area contributed by atoms with Gasteiger partial charge in [0.1, 0.15) is 5.82 Å². The van der Waals surface area contributed by atoms with Crippen molar-refractivity contribution in [2.75, 3.05) is 5.88 Å². The zero-order valence-electron chi connectivity index (χ0n) is 8.26. The van der Waals surface area contributed by atoms with E-state index in [0.717, 1.165) is 12.3 Å². The SMILES string of the molecule is CC1(Cc2ccc(F)cc2)CC1CCl. The lowest BCUT2D eigenvalue weighted by atomic mass is 9.96. The Balaban J connectivity index is 2.02. The molecule has 1 aromatic rings. The van der Waals surface area contributed by atoms with E-state index in [-0.39, 0.29) is 5.82 Å². The van der Waals surface area contributed by atoms with Gasteiger partial charge in [0.25, 0.3) is 0 Å². The highest BCUT2D eigenvalue weighted by molar-refractivity contribution is 6.18. The van der Waals surface area contributed by atoms with Crippen molar-refractivity contribution in [3.8, 4) is 0 Å². The molecule has 0 amide bonds. The number of alkyl halides is 1. The van der Waals surface area contributed by atoms with E-state index in [9.17, 15) is 4.39 Å². The molecule has 1 aliphatic carbocycles. The third-order valence-electron chi connectivity index (χ3n) is 3.25. The summed E-state index contributed by atoms with van der Waals surface area (Å²) >= 11 is 5.81. The molecule has 76 valence electrons. The number of rotatable bonds is 3. The normalized spacial score (nSPS) is 30.4. The summed E-state index contributed by atoms with van der Waals surface area (Å²) in [7, 11) is 0. The van der Waals surface area contributed by atoms with Crippen LogP contribution in [0.25, 0.3) is 0 Å². The van der Waals surface area contributed by atoms with Gasteiger partial charge in [0.15, 0.2) is 0 Å². The van der Waals surface area contributed by atoms with Crippen molar-refractivity contribution in [1.29, 1.82) is 0 Å². The Morgan fingerprint density at radius 3 is 2.57 bits per heavy atom. The van der Waals surface area contributed by atoms with Crippen LogP contribution in [0.2, 0.25) is 0 Å². The molecule has 0 N–H and O–H groups in total. The van der Waals surface area contributed by atoms with Crippen LogP contribution in [0.15, 0.2) is 24.3 Å². The van der Waals surface area contributed by atoms with Crippen molar-refractivity contribution in [3.63, 3.8) is 0 Å². The summed E-state index contributed by atoms with van der Waals surface area (Å²) < 4.78 is 12.7. The third-order valence-corrected chi connectivity index (χ3v) is 3.62. The van der Waals surface area contributed by atoms with Crippen molar-refractivity contribution >= 4 is 11.6 Å². The van der Waals surface area contributed by atoms with Crippen LogP contribution in [0.1, 0.15) is 18.9 Å². The van der Waals surface area contributed by atoms with Crippen LogP contribution in [0.3, 0.4) is 0 Å². The summed E-state index contributed by atoms with van der Waals surface area (Å²) in [5, 5.41) is 0. The monoisotopic (exact) mass is 212 g/mol. The first kappa shape index (κ1) is 9.97. The molecular weight excluding hydrogens is 199 g/mol. The summed E-state index contributed by atoms with van der Waals surface area (Å²) in [5.41, 5.74) is 1.57. The van der Waals surface area contributed by atoms with Gasteiger partial charge in [-0.1, -0.05) is 19.1 Å². The van der Waals surface area contributed by atoms with Gasteiger partial charge >= 0.3 is 0 Å². The number of hydrogen-bond acceptors (Lipinski definition) is 0. The summed E-state index contributed by atoms with van der Waals surface area (Å²) in [6.07, 6.45) is 2.22. The fourth-order valence-electron chi connectivity index (χ4n) is 2.03. The molecule has 2 unspecified atom stereocenters. The Morgan fingerprint density at radius 2 is 2.07 bits per heavy atom. The van der Waals surface area contributed by atoms with E-state index >= 15 is 0 Å². The maximum Gasteiger partial charge on any atom is 0.123 e. The van der Waals surface area contributed by atoms with E-state index in [1.165, 1.54) is 24.1 Å². The number of benzene rings is 1. The molecule has 1 aliphatic rings. The smallest absolute Gasteiger partial charge is 0.123 e. The molecule has 0 nitrogen and oxygen atoms in total. The molecule has 0 radical (unpaired) electrons. The van der Waals surface area contributed by atoms with Crippen LogP contribution < -0.4 is 0 Å².